The van der Waals surface area contributed by atoms with Gasteiger partial charge in [0.2, 0.25) is 0 Å². The smallest absolute Gasteiger partial charge is 0.315 e. The molecule has 1 aliphatic rings. The van der Waals surface area contributed by atoms with Gasteiger partial charge in [0.1, 0.15) is 5.01 Å². The molecule has 22 heavy (non-hydrogen) atoms. The number of morpholine rings is 1. The number of hydrogen-bond donors (Lipinski definition) is 2. The highest BCUT2D eigenvalue weighted by Gasteiger charge is 2.24. The molecule has 2 N–H and O–H groups in total. The number of nitrogens with one attached hydrogen (secondary N) is 2. The molecule has 0 radical (unpaired) electrons. The summed E-state index contributed by atoms with van der Waals surface area (Å²) < 4.78 is 5.40. The van der Waals surface area contributed by atoms with Crippen LogP contribution in [0.5, 0.6) is 0 Å². The van der Waals surface area contributed by atoms with Gasteiger partial charge >= 0.3 is 6.03 Å². The number of carbonyl (C=O) groups is 1. The van der Waals surface area contributed by atoms with Gasteiger partial charge in [-0.3, -0.25) is 4.90 Å². The lowest BCUT2D eigenvalue weighted by Crippen LogP contribution is -2.52. The zero-order chi connectivity index (χ0) is 15.9. The summed E-state index contributed by atoms with van der Waals surface area (Å²) >= 11 is 1.57. The van der Waals surface area contributed by atoms with E-state index in [0.717, 1.165) is 37.0 Å². The first-order valence-corrected chi connectivity index (χ1v) is 8.68. The maximum Gasteiger partial charge on any atom is 0.315 e. The quantitative estimate of drug-likeness (QED) is 0.833. The number of rotatable bonds is 6. The van der Waals surface area contributed by atoms with Crippen LogP contribution in [0.25, 0.3) is 0 Å². The van der Waals surface area contributed by atoms with Gasteiger partial charge < -0.3 is 15.4 Å². The predicted octanol–water partition coefficient (Wildman–Crippen LogP) is 1.61. The van der Waals surface area contributed by atoms with E-state index in [2.05, 4.69) is 34.4 Å². The van der Waals surface area contributed by atoms with E-state index in [0.29, 0.717) is 25.0 Å². The molecule has 6 nitrogen and oxygen atoms in total. The van der Waals surface area contributed by atoms with Crippen LogP contribution in [-0.2, 0) is 11.3 Å². The molecule has 1 saturated heterocycles. The predicted molar refractivity (Wildman–Crippen MR) is 88.1 cm³/mol. The van der Waals surface area contributed by atoms with Gasteiger partial charge in [-0.05, 0) is 12.8 Å². The van der Waals surface area contributed by atoms with Crippen molar-refractivity contribution in [3.05, 3.63) is 16.1 Å². The van der Waals surface area contributed by atoms with Crippen molar-refractivity contribution in [3.63, 3.8) is 0 Å². The van der Waals surface area contributed by atoms with Crippen LogP contribution in [0.2, 0.25) is 0 Å². The van der Waals surface area contributed by atoms with Gasteiger partial charge in [-0.2, -0.15) is 0 Å². The molecule has 0 saturated carbocycles. The first-order chi connectivity index (χ1) is 10.6. The van der Waals surface area contributed by atoms with E-state index in [1.54, 1.807) is 11.3 Å². The zero-order valence-corrected chi connectivity index (χ0v) is 14.4. The van der Waals surface area contributed by atoms with Crippen molar-refractivity contribution in [2.75, 3.05) is 32.8 Å². The second kappa shape index (κ2) is 8.45. The highest BCUT2D eigenvalue weighted by atomic mass is 32.1. The van der Waals surface area contributed by atoms with Crippen LogP contribution in [0.1, 0.15) is 24.5 Å². The molecular weight excluding hydrogens is 300 g/mol. The minimum atomic E-state index is -0.133. The number of aryl methyl sites for hydroxylation is 1. The van der Waals surface area contributed by atoms with Crippen molar-refractivity contribution in [1.29, 1.82) is 0 Å². The van der Waals surface area contributed by atoms with Crippen molar-refractivity contribution in [3.8, 4) is 0 Å². The molecule has 1 atom stereocenters. The van der Waals surface area contributed by atoms with Gasteiger partial charge in [0.05, 0.1) is 19.8 Å². The van der Waals surface area contributed by atoms with E-state index in [-0.39, 0.29) is 6.03 Å². The normalized spacial score (nSPS) is 17.5. The van der Waals surface area contributed by atoms with E-state index < -0.39 is 0 Å². The summed E-state index contributed by atoms with van der Waals surface area (Å²) in [7, 11) is 0. The highest BCUT2D eigenvalue weighted by Crippen LogP contribution is 2.12. The van der Waals surface area contributed by atoms with E-state index >= 15 is 0 Å². The van der Waals surface area contributed by atoms with Crippen molar-refractivity contribution in [2.24, 2.45) is 5.92 Å². The lowest BCUT2D eigenvalue weighted by Gasteiger charge is -2.36. The summed E-state index contributed by atoms with van der Waals surface area (Å²) in [6.07, 6.45) is 0. The molecule has 1 aromatic rings. The summed E-state index contributed by atoms with van der Waals surface area (Å²) in [6, 6.07) is 0.212. The fraction of sp³-hybridized carbons (Fsp3) is 0.733. The molecule has 2 heterocycles. The van der Waals surface area contributed by atoms with Crippen molar-refractivity contribution < 1.29 is 9.53 Å². The number of aromatic nitrogens is 1. The van der Waals surface area contributed by atoms with Gasteiger partial charge in [-0.25, -0.2) is 9.78 Å². The molecular formula is C15H26N4O2S. The fourth-order valence-corrected chi connectivity index (χ4v) is 3.31. The van der Waals surface area contributed by atoms with Crippen molar-refractivity contribution in [1.82, 2.24) is 20.5 Å². The summed E-state index contributed by atoms with van der Waals surface area (Å²) in [5, 5.41) is 8.77. The average molecular weight is 326 g/mol. The Morgan fingerprint density at radius 3 is 2.73 bits per heavy atom. The third kappa shape index (κ3) is 5.23. The van der Waals surface area contributed by atoms with E-state index in [1.807, 2.05) is 12.3 Å². The van der Waals surface area contributed by atoms with E-state index in [4.69, 9.17) is 4.74 Å². The second-order valence-corrected chi connectivity index (χ2v) is 6.85. The number of carbonyl (C=O) groups excluding carboxylic acids is 1. The Hall–Kier alpha value is -1.18. The minimum absolute atomic E-state index is 0.133. The van der Waals surface area contributed by atoms with Gasteiger partial charge in [0.25, 0.3) is 0 Å². The molecule has 7 heteroatoms. The van der Waals surface area contributed by atoms with Crippen LogP contribution in [0.15, 0.2) is 5.38 Å². The topological polar surface area (TPSA) is 66.5 Å². The van der Waals surface area contributed by atoms with Crippen LogP contribution in [0.3, 0.4) is 0 Å². The van der Waals surface area contributed by atoms with Crippen LogP contribution in [0, 0.1) is 12.8 Å². The van der Waals surface area contributed by atoms with E-state index in [1.165, 1.54) is 0 Å². The summed E-state index contributed by atoms with van der Waals surface area (Å²) in [5.74, 6) is 0.486. The number of nitrogens with zero attached hydrogens (tertiary/aromatic N) is 2. The monoisotopic (exact) mass is 326 g/mol. The molecule has 1 aliphatic heterocycles. The number of ether oxygens (including phenoxy) is 1. The maximum atomic E-state index is 11.9. The van der Waals surface area contributed by atoms with Crippen LogP contribution in [0.4, 0.5) is 4.79 Å². The summed E-state index contributed by atoms with van der Waals surface area (Å²) in [5.41, 5.74) is 0.995. The number of urea groups is 1. The molecule has 0 aliphatic carbocycles. The molecule has 1 unspecified atom stereocenters. The number of thiazole rings is 1. The van der Waals surface area contributed by atoms with E-state index in [9.17, 15) is 4.79 Å². The molecule has 1 aromatic heterocycles. The first-order valence-electron chi connectivity index (χ1n) is 7.80. The molecule has 0 aromatic carbocycles. The molecule has 0 bridgehead atoms. The third-order valence-electron chi connectivity index (χ3n) is 3.82. The highest BCUT2D eigenvalue weighted by molar-refractivity contribution is 7.09. The molecule has 2 amide bonds. The number of amides is 2. The summed E-state index contributed by atoms with van der Waals surface area (Å²) in [6.45, 7) is 10.9. The second-order valence-electron chi connectivity index (χ2n) is 5.91. The first kappa shape index (κ1) is 17.2. The molecule has 124 valence electrons. The largest absolute Gasteiger partial charge is 0.379 e. The van der Waals surface area contributed by atoms with Crippen LogP contribution in [-0.4, -0.2) is 54.8 Å². The Morgan fingerprint density at radius 1 is 1.41 bits per heavy atom. The Bertz CT molecular complexity index is 472. The van der Waals surface area contributed by atoms with Crippen molar-refractivity contribution >= 4 is 17.4 Å². The minimum Gasteiger partial charge on any atom is -0.379 e. The van der Waals surface area contributed by atoms with Gasteiger partial charge in [0.15, 0.2) is 0 Å². The summed E-state index contributed by atoms with van der Waals surface area (Å²) in [4.78, 5) is 18.7. The Kier molecular flexibility index (Phi) is 6.60. The SMILES string of the molecule is Cc1csc(CNC(=O)NCC(C(C)C)N2CCOCC2)n1. The number of hydrogen-bond acceptors (Lipinski definition) is 5. The average Bonchev–Trinajstić information content (AvgIpc) is 2.92. The van der Waals surface area contributed by atoms with Crippen LogP contribution < -0.4 is 10.6 Å². The fourth-order valence-electron chi connectivity index (χ4n) is 2.60. The lowest BCUT2D eigenvalue weighted by atomic mass is 10.0. The van der Waals surface area contributed by atoms with Crippen molar-refractivity contribution in [2.45, 2.75) is 33.4 Å². The lowest BCUT2D eigenvalue weighted by molar-refractivity contribution is 0.00719. The van der Waals surface area contributed by atoms with Gasteiger partial charge in [0, 0.05) is 36.8 Å². The molecule has 1 fully saturated rings. The van der Waals surface area contributed by atoms with Gasteiger partial charge in [-0.1, -0.05) is 13.8 Å². The third-order valence-corrected chi connectivity index (χ3v) is 4.79. The molecule has 2 rings (SSSR count). The van der Waals surface area contributed by atoms with Crippen LogP contribution >= 0.6 is 11.3 Å². The Balaban J connectivity index is 1.74. The zero-order valence-electron chi connectivity index (χ0n) is 13.6. The standard InChI is InChI=1S/C15H26N4O2S/c1-11(2)13(19-4-6-21-7-5-19)8-16-15(20)17-9-14-18-12(3)10-22-14/h10-11,13H,4-9H2,1-3H3,(H2,16,17,20). The maximum absolute atomic E-state index is 11.9. The molecule has 0 spiro atoms. The Morgan fingerprint density at radius 2 is 2.14 bits per heavy atom. The Labute approximate surface area is 136 Å². The van der Waals surface area contributed by atoms with Gasteiger partial charge in [-0.15, -0.1) is 11.3 Å².